The number of hydrogen-bond acceptors (Lipinski definition) is 18. The van der Waals surface area contributed by atoms with Crippen molar-refractivity contribution in [3.05, 3.63) is 85.1 Å². The molecule has 12 N–H and O–H groups in total. The van der Waals surface area contributed by atoms with Gasteiger partial charge in [0, 0.05) is 37.5 Å². The molecule has 2 bridgehead atoms. The minimum absolute atomic E-state index is 0.0959. The number of cyclic esters (lactones) is 1. The number of nitrogens with two attached hydrogens (primary N) is 1. The molecular formula is C50H79NO17. The van der Waals surface area contributed by atoms with E-state index in [1.165, 1.54) is 0 Å². The number of allylic oxidation sites excluding steroid dienone is 12. The summed E-state index contributed by atoms with van der Waals surface area (Å²) in [6.45, 7) is 10.0. The maximum Gasteiger partial charge on any atom is 0.314 e. The molecule has 0 saturated carbocycles. The van der Waals surface area contributed by atoms with Crippen molar-refractivity contribution in [2.24, 2.45) is 23.5 Å². The van der Waals surface area contributed by atoms with Crippen LogP contribution in [0.4, 0.5) is 0 Å². The lowest BCUT2D eigenvalue weighted by atomic mass is 9.82. The summed E-state index contributed by atoms with van der Waals surface area (Å²) in [6, 6.07) is -1.13. The van der Waals surface area contributed by atoms with Crippen LogP contribution in [0.2, 0.25) is 0 Å². The van der Waals surface area contributed by atoms with Gasteiger partial charge < -0.3 is 80.5 Å². The molecule has 2 saturated heterocycles. The van der Waals surface area contributed by atoms with Crippen LogP contribution in [0, 0.1) is 17.8 Å². The topological polar surface area (TPSA) is 309 Å². The highest BCUT2D eigenvalue weighted by atomic mass is 16.7. The van der Waals surface area contributed by atoms with Crippen molar-refractivity contribution in [1.82, 2.24) is 0 Å². The van der Waals surface area contributed by atoms with Gasteiger partial charge in [-0.05, 0) is 47.0 Å². The Bertz CT molecular complexity index is 1730. The van der Waals surface area contributed by atoms with Crippen LogP contribution in [0.3, 0.4) is 0 Å². The maximum absolute atomic E-state index is 13.5. The third-order valence-corrected chi connectivity index (χ3v) is 12.4. The Morgan fingerprint density at radius 2 is 1.25 bits per heavy atom. The van der Waals surface area contributed by atoms with E-state index >= 15 is 0 Å². The fraction of sp³-hybridized carbons (Fsp3) is 0.680. The Morgan fingerprint density at radius 1 is 0.676 bits per heavy atom. The van der Waals surface area contributed by atoms with E-state index in [1.54, 1.807) is 89.3 Å². The third-order valence-electron chi connectivity index (χ3n) is 12.4. The number of esters is 2. The lowest BCUT2D eigenvalue weighted by Crippen LogP contribution is -2.61. The van der Waals surface area contributed by atoms with Gasteiger partial charge in [-0.25, -0.2) is 0 Å². The highest BCUT2D eigenvalue weighted by Gasteiger charge is 2.51. The van der Waals surface area contributed by atoms with Crippen LogP contribution in [-0.2, 0) is 33.3 Å². The molecule has 0 spiro atoms. The molecule has 3 heterocycles. The highest BCUT2D eigenvalue weighted by molar-refractivity contribution is 5.74. The van der Waals surface area contributed by atoms with E-state index in [2.05, 4.69) is 0 Å². The molecule has 0 aromatic rings. The van der Waals surface area contributed by atoms with Gasteiger partial charge in [-0.15, -0.1) is 0 Å². The number of carbonyl (C=O) groups is 2. The number of aliphatic hydroxyl groups excluding tert-OH is 9. The van der Waals surface area contributed by atoms with E-state index in [1.807, 2.05) is 37.3 Å². The van der Waals surface area contributed by atoms with Gasteiger partial charge in [-0.2, -0.15) is 0 Å². The van der Waals surface area contributed by atoms with E-state index in [4.69, 9.17) is 29.4 Å². The molecule has 386 valence electrons. The molecule has 0 unspecified atom stereocenters. The molecule has 18 nitrogen and oxygen atoms in total. The molecule has 18 heteroatoms. The van der Waals surface area contributed by atoms with E-state index in [0.717, 1.165) is 0 Å². The normalized spacial score (nSPS) is 44.1. The fourth-order valence-electron chi connectivity index (χ4n) is 8.27. The lowest BCUT2D eigenvalue weighted by Gasteiger charge is -2.45. The standard InChI is InChI=1S/C50H79NO17/c1-29(2)64-48(62)43-40(57)28-50(63)27-36(54)24-39(56)38(55)22-21-34(52)23-35(53)25-42(58)65-32(5)31(4)45(59)30(3)19-17-15-13-11-9-7-8-10-12-14-16-18-20-37(26-41(43)68-50)67-49-47(61)44(51)46(60)33(6)66-49/h7-20,29-41,43-47,49,52-57,59-61,63H,21-28,51H2,1-6H3/b8-7+,11-9+,12-10+,15-13+,16-14+,19-17+,20-18+/t30-,31-,32-,33+,34+,35+,36-,37-,38+,39+,40-,41-,43+,44-,45+,46+,47+,49-,50+/m0/s1. The third kappa shape index (κ3) is 19.8. The van der Waals surface area contributed by atoms with Crippen molar-refractivity contribution in [3.63, 3.8) is 0 Å². The second-order valence-electron chi connectivity index (χ2n) is 18.7. The smallest absolute Gasteiger partial charge is 0.314 e. The van der Waals surface area contributed by atoms with Crippen molar-refractivity contribution in [2.45, 2.75) is 196 Å². The van der Waals surface area contributed by atoms with Crippen molar-refractivity contribution in [3.8, 4) is 0 Å². The summed E-state index contributed by atoms with van der Waals surface area (Å²) in [7, 11) is 0. The van der Waals surface area contributed by atoms with Gasteiger partial charge >= 0.3 is 11.9 Å². The summed E-state index contributed by atoms with van der Waals surface area (Å²) in [5.41, 5.74) is 6.08. The molecule has 3 aliphatic rings. The first-order valence-corrected chi connectivity index (χ1v) is 23.7. The van der Waals surface area contributed by atoms with E-state index in [-0.39, 0.29) is 31.6 Å². The van der Waals surface area contributed by atoms with E-state index in [9.17, 15) is 60.7 Å². The van der Waals surface area contributed by atoms with Gasteiger partial charge in [0.15, 0.2) is 12.1 Å². The van der Waals surface area contributed by atoms with E-state index < -0.39 is 153 Å². The van der Waals surface area contributed by atoms with Gasteiger partial charge in [-0.3, -0.25) is 9.59 Å². The number of aliphatic hydroxyl groups is 10. The van der Waals surface area contributed by atoms with Crippen molar-refractivity contribution in [2.75, 3.05) is 0 Å². The minimum atomic E-state index is -2.28. The van der Waals surface area contributed by atoms with Crippen LogP contribution >= 0.6 is 0 Å². The highest BCUT2D eigenvalue weighted by Crippen LogP contribution is 2.39. The summed E-state index contributed by atoms with van der Waals surface area (Å²) in [6.07, 6.45) is 3.90. The zero-order chi connectivity index (χ0) is 50.7. The summed E-state index contributed by atoms with van der Waals surface area (Å²) < 4.78 is 29.0. The largest absolute Gasteiger partial charge is 0.463 e. The number of hydrogen-bond donors (Lipinski definition) is 11. The quantitative estimate of drug-likeness (QED) is 0.178. The zero-order valence-corrected chi connectivity index (χ0v) is 40.1. The van der Waals surface area contributed by atoms with Crippen LogP contribution in [-0.4, -0.2) is 167 Å². The average molecular weight is 966 g/mol. The Kier molecular flexibility index (Phi) is 25.1. The predicted octanol–water partition coefficient (Wildman–Crippen LogP) is 1.58. The van der Waals surface area contributed by atoms with Crippen LogP contribution in [0.5, 0.6) is 0 Å². The number of fused-ring (bicyclic) bond motifs is 2. The number of rotatable bonds is 4. The van der Waals surface area contributed by atoms with Crippen molar-refractivity contribution < 1.29 is 84.3 Å². The summed E-state index contributed by atoms with van der Waals surface area (Å²) >= 11 is 0. The number of ether oxygens (including phenoxy) is 5. The van der Waals surface area contributed by atoms with Crippen LogP contribution in [0.25, 0.3) is 0 Å². The molecule has 3 aliphatic heterocycles. The van der Waals surface area contributed by atoms with Crippen molar-refractivity contribution in [1.29, 1.82) is 0 Å². The molecule has 0 aromatic heterocycles. The van der Waals surface area contributed by atoms with Crippen molar-refractivity contribution >= 4 is 11.9 Å². The second-order valence-corrected chi connectivity index (χ2v) is 18.7. The minimum Gasteiger partial charge on any atom is -0.463 e. The Balaban J connectivity index is 1.91. The van der Waals surface area contributed by atoms with Crippen LogP contribution in [0.1, 0.15) is 92.9 Å². The Labute approximate surface area is 400 Å². The van der Waals surface area contributed by atoms with Gasteiger partial charge in [0.1, 0.15) is 18.1 Å². The SMILES string of the molecule is CC(C)OC(=O)[C@H]1[C@@H]2C[C@@H](O[C@@H]3O[C@H](C)[C@@H](O)[C@H](N)[C@H]3O)/C=C/C=C/C=C/C=C/C=C/C=C/C=C/[C@H](C)[C@@H](O)[C@@H](C)[C@H](C)OC(=O)C[C@H](O)C[C@H](O)CC[C@@H](O)[C@H](O)C[C@H](O)C[C@](O)(C[C@@H]1O)O2. The average Bonchev–Trinajstić information content (AvgIpc) is 3.24. The van der Waals surface area contributed by atoms with Gasteiger partial charge in [-0.1, -0.05) is 98.9 Å². The molecule has 0 radical (unpaired) electrons. The molecule has 68 heavy (non-hydrogen) atoms. The Hall–Kier alpha value is -3.44. The summed E-state index contributed by atoms with van der Waals surface area (Å²) in [5, 5.41) is 109. The first kappa shape index (κ1) is 58.9. The molecule has 0 aliphatic carbocycles. The summed E-state index contributed by atoms with van der Waals surface area (Å²) in [4.78, 5) is 26.2. The van der Waals surface area contributed by atoms with Crippen LogP contribution < -0.4 is 5.73 Å². The molecule has 0 aromatic carbocycles. The fourth-order valence-corrected chi connectivity index (χ4v) is 8.27. The Morgan fingerprint density at radius 3 is 1.84 bits per heavy atom. The number of carbonyl (C=O) groups excluding carboxylic acids is 2. The molecule has 3 rings (SSSR count). The van der Waals surface area contributed by atoms with Gasteiger partial charge in [0.25, 0.3) is 0 Å². The molecule has 0 amide bonds. The molecular weight excluding hydrogens is 887 g/mol. The molecule has 2 fully saturated rings. The first-order valence-electron chi connectivity index (χ1n) is 23.7. The zero-order valence-electron chi connectivity index (χ0n) is 40.1. The first-order chi connectivity index (χ1) is 32.0. The summed E-state index contributed by atoms with van der Waals surface area (Å²) in [5.74, 6) is -5.93. The van der Waals surface area contributed by atoms with Gasteiger partial charge in [0.2, 0.25) is 0 Å². The predicted molar refractivity (Wildman–Crippen MR) is 251 cm³/mol. The lowest BCUT2D eigenvalue weighted by molar-refractivity contribution is -0.309. The van der Waals surface area contributed by atoms with Gasteiger partial charge in [0.05, 0.1) is 85.7 Å². The van der Waals surface area contributed by atoms with Crippen LogP contribution in [0.15, 0.2) is 85.1 Å². The molecule has 19 atom stereocenters. The maximum atomic E-state index is 13.5. The monoisotopic (exact) mass is 966 g/mol. The second kappa shape index (κ2) is 29.0. The van der Waals surface area contributed by atoms with E-state index in [0.29, 0.717) is 0 Å².